The summed E-state index contributed by atoms with van der Waals surface area (Å²) in [4.78, 5) is 26.0. The largest absolute Gasteiger partial charge is 0.452 e. The van der Waals surface area contributed by atoms with Gasteiger partial charge in [-0.1, -0.05) is 29.3 Å². The van der Waals surface area contributed by atoms with Crippen molar-refractivity contribution >= 4 is 52.5 Å². The zero-order chi connectivity index (χ0) is 20.6. The highest BCUT2D eigenvalue weighted by molar-refractivity contribution is 6.35. The Bertz CT molecular complexity index is 894. The number of hydrogen-bond acceptors (Lipinski definition) is 5. The van der Waals surface area contributed by atoms with Crippen molar-refractivity contribution in [3.63, 3.8) is 0 Å². The first-order chi connectivity index (χ1) is 14.0. The van der Waals surface area contributed by atoms with Gasteiger partial charge >= 0.3 is 5.97 Å². The molecule has 0 saturated carbocycles. The van der Waals surface area contributed by atoms with Gasteiger partial charge in [-0.15, -0.1) is 0 Å². The monoisotopic (exact) mass is 434 g/mol. The van der Waals surface area contributed by atoms with Crippen LogP contribution in [0.4, 0.5) is 11.4 Å². The number of anilines is 2. The second kappa shape index (κ2) is 10.3. The summed E-state index contributed by atoms with van der Waals surface area (Å²) in [5.41, 5.74) is 2.33. The summed E-state index contributed by atoms with van der Waals surface area (Å²) < 4.78 is 10.3. The van der Waals surface area contributed by atoms with Crippen molar-refractivity contribution in [3.05, 3.63) is 64.1 Å². The Kier molecular flexibility index (Phi) is 7.52. The molecule has 0 bridgehead atoms. The van der Waals surface area contributed by atoms with E-state index in [2.05, 4.69) is 10.2 Å². The lowest BCUT2D eigenvalue weighted by molar-refractivity contribution is -0.142. The highest BCUT2D eigenvalue weighted by Gasteiger charge is 2.11. The Morgan fingerprint density at radius 3 is 2.52 bits per heavy atom. The maximum absolute atomic E-state index is 12.0. The van der Waals surface area contributed by atoms with Crippen molar-refractivity contribution in [2.45, 2.75) is 0 Å². The normalized spacial score (nSPS) is 14.1. The molecule has 0 atom stereocenters. The van der Waals surface area contributed by atoms with Crippen LogP contribution in [0.3, 0.4) is 0 Å². The van der Waals surface area contributed by atoms with E-state index in [0.29, 0.717) is 34.5 Å². The molecule has 0 spiro atoms. The Balaban J connectivity index is 1.45. The molecule has 1 heterocycles. The third-order valence-corrected chi connectivity index (χ3v) is 4.80. The van der Waals surface area contributed by atoms with Crippen molar-refractivity contribution in [2.24, 2.45) is 0 Å². The van der Waals surface area contributed by atoms with Crippen LogP contribution in [-0.4, -0.2) is 44.8 Å². The number of esters is 1. The molecule has 0 radical (unpaired) electrons. The van der Waals surface area contributed by atoms with E-state index >= 15 is 0 Å². The van der Waals surface area contributed by atoms with Gasteiger partial charge in [-0.2, -0.15) is 0 Å². The molecule has 0 aliphatic carbocycles. The number of benzene rings is 2. The molecule has 1 N–H and O–H groups in total. The summed E-state index contributed by atoms with van der Waals surface area (Å²) in [5, 5.41) is 3.62. The zero-order valence-corrected chi connectivity index (χ0v) is 17.1. The minimum Gasteiger partial charge on any atom is -0.452 e. The smallest absolute Gasteiger partial charge is 0.331 e. The van der Waals surface area contributed by atoms with Crippen molar-refractivity contribution in [2.75, 3.05) is 43.1 Å². The Labute approximate surface area is 179 Å². The summed E-state index contributed by atoms with van der Waals surface area (Å²) in [6.07, 6.45) is 2.71. The molecule has 1 amide bonds. The van der Waals surface area contributed by atoms with Crippen molar-refractivity contribution in [1.82, 2.24) is 0 Å². The van der Waals surface area contributed by atoms with Gasteiger partial charge in [0.15, 0.2) is 6.61 Å². The quantitative estimate of drug-likeness (QED) is 0.549. The number of nitrogens with one attached hydrogen (secondary N) is 1. The molecule has 0 aromatic heterocycles. The second-order valence-electron chi connectivity index (χ2n) is 6.30. The summed E-state index contributed by atoms with van der Waals surface area (Å²) in [6.45, 7) is 2.72. The number of hydrogen-bond donors (Lipinski definition) is 1. The molecule has 29 heavy (non-hydrogen) atoms. The van der Waals surface area contributed by atoms with Gasteiger partial charge in [0, 0.05) is 40.6 Å². The van der Waals surface area contributed by atoms with E-state index in [1.54, 1.807) is 18.2 Å². The van der Waals surface area contributed by atoms with Gasteiger partial charge in [0.1, 0.15) is 0 Å². The summed E-state index contributed by atoms with van der Waals surface area (Å²) >= 11 is 11.9. The number of halogens is 2. The van der Waals surface area contributed by atoms with Gasteiger partial charge in [0.2, 0.25) is 0 Å². The number of amides is 1. The molecule has 1 aliphatic rings. The number of morpholine rings is 1. The molecule has 152 valence electrons. The van der Waals surface area contributed by atoms with Gasteiger partial charge < -0.3 is 19.7 Å². The molecule has 1 saturated heterocycles. The first-order valence-electron chi connectivity index (χ1n) is 9.04. The Morgan fingerprint density at radius 2 is 1.83 bits per heavy atom. The first-order valence-corrected chi connectivity index (χ1v) is 9.79. The molecular weight excluding hydrogens is 415 g/mol. The van der Waals surface area contributed by atoms with Gasteiger partial charge in [-0.3, -0.25) is 4.79 Å². The standard InChI is InChI=1S/C21H20Cl2N2O4/c22-16-3-1-15(19(23)13-16)2-8-21(27)29-14-20(26)24-17-4-6-18(7-5-17)25-9-11-28-12-10-25/h1-8,13H,9-12,14H2,(H,24,26)/b8-2+. The number of carbonyl (C=O) groups excluding carboxylic acids is 2. The zero-order valence-electron chi connectivity index (χ0n) is 15.6. The lowest BCUT2D eigenvalue weighted by Gasteiger charge is -2.28. The van der Waals surface area contributed by atoms with E-state index in [4.69, 9.17) is 32.7 Å². The fourth-order valence-corrected chi connectivity index (χ4v) is 3.22. The predicted molar refractivity (Wildman–Crippen MR) is 115 cm³/mol. The van der Waals surface area contributed by atoms with Crippen molar-refractivity contribution in [3.8, 4) is 0 Å². The topological polar surface area (TPSA) is 67.9 Å². The van der Waals surface area contributed by atoms with Crippen LogP contribution in [0.2, 0.25) is 10.0 Å². The van der Waals surface area contributed by atoms with E-state index in [-0.39, 0.29) is 6.61 Å². The van der Waals surface area contributed by atoms with E-state index in [9.17, 15) is 9.59 Å². The summed E-state index contributed by atoms with van der Waals surface area (Å²) in [6, 6.07) is 12.4. The fourth-order valence-electron chi connectivity index (χ4n) is 2.75. The lowest BCUT2D eigenvalue weighted by atomic mass is 10.2. The van der Waals surface area contributed by atoms with Crippen molar-refractivity contribution < 1.29 is 19.1 Å². The molecule has 3 rings (SSSR count). The highest BCUT2D eigenvalue weighted by Crippen LogP contribution is 2.22. The van der Waals surface area contributed by atoms with E-state index in [0.717, 1.165) is 18.8 Å². The number of rotatable bonds is 6. The SMILES string of the molecule is O=C(COC(=O)/C=C/c1ccc(Cl)cc1Cl)Nc1ccc(N2CCOCC2)cc1. The van der Waals surface area contributed by atoms with E-state index < -0.39 is 11.9 Å². The number of ether oxygens (including phenoxy) is 2. The average Bonchev–Trinajstić information content (AvgIpc) is 2.73. The van der Waals surface area contributed by atoms with Crippen LogP contribution in [0.25, 0.3) is 6.08 Å². The average molecular weight is 435 g/mol. The van der Waals surface area contributed by atoms with Gasteiger partial charge in [-0.05, 0) is 48.0 Å². The van der Waals surface area contributed by atoms with Gasteiger partial charge in [0.25, 0.3) is 5.91 Å². The number of carbonyl (C=O) groups is 2. The highest BCUT2D eigenvalue weighted by atomic mass is 35.5. The van der Waals surface area contributed by atoms with E-state index in [1.807, 2.05) is 24.3 Å². The third-order valence-electron chi connectivity index (χ3n) is 4.23. The second-order valence-corrected chi connectivity index (χ2v) is 7.14. The van der Waals surface area contributed by atoms with Crippen LogP contribution in [0.5, 0.6) is 0 Å². The third kappa shape index (κ3) is 6.49. The molecular formula is C21H20Cl2N2O4. The molecule has 2 aromatic rings. The van der Waals surface area contributed by atoms with Crippen LogP contribution >= 0.6 is 23.2 Å². The van der Waals surface area contributed by atoms with Crippen LogP contribution in [-0.2, 0) is 19.1 Å². The Morgan fingerprint density at radius 1 is 1.10 bits per heavy atom. The van der Waals surface area contributed by atoms with E-state index in [1.165, 1.54) is 12.2 Å². The van der Waals surface area contributed by atoms with Gasteiger partial charge in [-0.25, -0.2) is 4.79 Å². The molecule has 1 aliphatic heterocycles. The van der Waals surface area contributed by atoms with Crippen LogP contribution in [0, 0.1) is 0 Å². The lowest BCUT2D eigenvalue weighted by Crippen LogP contribution is -2.36. The van der Waals surface area contributed by atoms with Crippen LogP contribution in [0.1, 0.15) is 5.56 Å². The van der Waals surface area contributed by atoms with Crippen LogP contribution < -0.4 is 10.2 Å². The Hall–Kier alpha value is -2.54. The first kappa shape index (κ1) is 21.2. The maximum Gasteiger partial charge on any atom is 0.331 e. The predicted octanol–water partition coefficient (Wildman–Crippen LogP) is 4.03. The minimum atomic E-state index is -0.645. The van der Waals surface area contributed by atoms with Gasteiger partial charge in [0.05, 0.1) is 13.2 Å². The molecule has 8 heteroatoms. The van der Waals surface area contributed by atoms with Crippen molar-refractivity contribution in [1.29, 1.82) is 0 Å². The molecule has 6 nitrogen and oxygen atoms in total. The summed E-state index contributed by atoms with van der Waals surface area (Å²) in [5.74, 6) is -1.07. The molecule has 1 fully saturated rings. The number of nitrogens with zero attached hydrogens (tertiary/aromatic N) is 1. The minimum absolute atomic E-state index is 0.386. The fraction of sp³-hybridized carbons (Fsp3) is 0.238. The maximum atomic E-state index is 12.0. The van der Waals surface area contributed by atoms with Crippen LogP contribution in [0.15, 0.2) is 48.5 Å². The summed E-state index contributed by atoms with van der Waals surface area (Å²) in [7, 11) is 0. The molecule has 0 unspecified atom stereocenters. The molecule has 2 aromatic carbocycles.